The Morgan fingerprint density at radius 3 is 2.31 bits per heavy atom. The van der Waals surface area contributed by atoms with Crippen molar-refractivity contribution >= 4 is 18.0 Å². The highest BCUT2D eigenvalue weighted by Crippen LogP contribution is 2.44. The minimum absolute atomic E-state index is 0.0578. The molecule has 168 valence electrons. The highest BCUT2D eigenvalue weighted by molar-refractivity contribution is 5.86. The van der Waals surface area contributed by atoms with Crippen LogP contribution in [0.5, 0.6) is 0 Å². The number of likely N-dealkylation sites (tertiary alicyclic amines) is 1. The molecule has 32 heavy (non-hydrogen) atoms. The lowest BCUT2D eigenvalue weighted by molar-refractivity contribution is -0.153. The Hall–Kier alpha value is -3.35. The SMILES string of the molecule is CC(NC(=O)OCC1c2ccccc2-c2ccccc21)C(=O)N1CCCC(C)(C(=O)O)C1. The molecule has 1 heterocycles. The van der Waals surface area contributed by atoms with Crippen LogP contribution in [0.4, 0.5) is 4.79 Å². The number of benzene rings is 2. The maximum atomic E-state index is 12.8. The lowest BCUT2D eigenvalue weighted by atomic mass is 9.82. The zero-order chi connectivity index (χ0) is 22.9. The van der Waals surface area contributed by atoms with Crippen molar-refractivity contribution < 1.29 is 24.2 Å². The number of piperidine rings is 1. The number of hydrogen-bond donors (Lipinski definition) is 2. The summed E-state index contributed by atoms with van der Waals surface area (Å²) in [5, 5.41) is 12.1. The molecule has 1 aliphatic carbocycles. The first-order valence-corrected chi connectivity index (χ1v) is 10.9. The van der Waals surface area contributed by atoms with E-state index in [-0.39, 0.29) is 25.0 Å². The summed E-state index contributed by atoms with van der Waals surface area (Å²) < 4.78 is 5.51. The van der Waals surface area contributed by atoms with E-state index in [2.05, 4.69) is 17.4 Å². The van der Waals surface area contributed by atoms with Gasteiger partial charge >= 0.3 is 12.1 Å². The van der Waals surface area contributed by atoms with Gasteiger partial charge in [-0.15, -0.1) is 0 Å². The number of ether oxygens (including phenoxy) is 1. The third-order valence-corrected chi connectivity index (χ3v) is 6.57. The maximum absolute atomic E-state index is 12.8. The van der Waals surface area contributed by atoms with E-state index in [1.54, 1.807) is 13.8 Å². The second kappa shape index (κ2) is 8.65. The van der Waals surface area contributed by atoms with Crippen molar-refractivity contribution in [2.45, 2.75) is 38.6 Å². The summed E-state index contributed by atoms with van der Waals surface area (Å²) in [4.78, 5) is 38.3. The number of hydrogen-bond acceptors (Lipinski definition) is 4. The molecule has 2 aromatic rings. The van der Waals surface area contributed by atoms with Crippen molar-refractivity contribution in [1.29, 1.82) is 0 Å². The Bertz CT molecular complexity index is 1010. The molecule has 0 bridgehead atoms. The van der Waals surface area contributed by atoms with Gasteiger partial charge in [-0.05, 0) is 48.9 Å². The average molecular weight is 437 g/mol. The van der Waals surface area contributed by atoms with Crippen molar-refractivity contribution in [3.05, 3.63) is 59.7 Å². The fourth-order valence-electron chi connectivity index (χ4n) is 4.75. The number of nitrogens with zero attached hydrogens (tertiary/aromatic N) is 1. The van der Waals surface area contributed by atoms with E-state index in [0.717, 1.165) is 22.3 Å². The molecule has 1 fully saturated rings. The molecule has 4 rings (SSSR count). The van der Waals surface area contributed by atoms with Crippen LogP contribution in [0.1, 0.15) is 43.7 Å². The molecule has 2 aliphatic rings. The van der Waals surface area contributed by atoms with Gasteiger partial charge in [0.15, 0.2) is 0 Å². The Balaban J connectivity index is 1.36. The number of nitrogens with one attached hydrogen (secondary N) is 1. The molecular formula is C25H28N2O5. The van der Waals surface area contributed by atoms with Gasteiger partial charge in [-0.25, -0.2) is 4.79 Å². The van der Waals surface area contributed by atoms with Crippen molar-refractivity contribution in [3.8, 4) is 11.1 Å². The van der Waals surface area contributed by atoms with Crippen LogP contribution in [-0.2, 0) is 14.3 Å². The number of fused-ring (bicyclic) bond motifs is 3. The summed E-state index contributed by atoms with van der Waals surface area (Å²) in [6.45, 7) is 4.03. The van der Waals surface area contributed by atoms with Gasteiger partial charge in [-0.2, -0.15) is 0 Å². The molecule has 2 N–H and O–H groups in total. The van der Waals surface area contributed by atoms with Gasteiger partial charge in [0.05, 0.1) is 5.41 Å². The van der Waals surface area contributed by atoms with Crippen molar-refractivity contribution in [2.75, 3.05) is 19.7 Å². The normalized spacial score (nSPS) is 20.8. The number of aliphatic carboxylic acids is 1. The fraction of sp³-hybridized carbons (Fsp3) is 0.400. The van der Waals surface area contributed by atoms with Gasteiger partial charge in [0.25, 0.3) is 0 Å². The minimum Gasteiger partial charge on any atom is -0.481 e. The molecule has 0 radical (unpaired) electrons. The fourth-order valence-corrected chi connectivity index (χ4v) is 4.75. The molecule has 7 heteroatoms. The Labute approximate surface area is 187 Å². The molecule has 0 aromatic heterocycles. The van der Waals surface area contributed by atoms with E-state index >= 15 is 0 Å². The molecule has 0 saturated carbocycles. The molecule has 2 aromatic carbocycles. The summed E-state index contributed by atoms with van der Waals surface area (Å²) in [5.41, 5.74) is 3.57. The summed E-state index contributed by atoms with van der Waals surface area (Å²) in [5.74, 6) is -1.27. The highest BCUT2D eigenvalue weighted by atomic mass is 16.5. The molecule has 1 saturated heterocycles. The van der Waals surface area contributed by atoms with Gasteiger partial charge in [0, 0.05) is 19.0 Å². The van der Waals surface area contributed by atoms with Crippen LogP contribution in [0, 0.1) is 5.41 Å². The quantitative estimate of drug-likeness (QED) is 0.746. The molecule has 2 atom stereocenters. The molecular weight excluding hydrogens is 408 g/mol. The standard InChI is InChI=1S/C25H28N2O5/c1-16(22(28)27-13-7-12-25(2,15-27)23(29)30)26-24(31)32-14-21-19-10-5-3-8-17(19)18-9-4-6-11-20(18)21/h3-6,8-11,16,21H,7,12-15H2,1-2H3,(H,26,31)(H,29,30). The predicted octanol–water partition coefficient (Wildman–Crippen LogP) is 3.63. The predicted molar refractivity (Wildman–Crippen MR) is 119 cm³/mol. The second-order valence-corrected chi connectivity index (χ2v) is 8.92. The molecule has 1 aliphatic heterocycles. The smallest absolute Gasteiger partial charge is 0.407 e. The first kappa shape index (κ1) is 21.9. The van der Waals surface area contributed by atoms with Crippen molar-refractivity contribution in [1.82, 2.24) is 10.2 Å². The summed E-state index contributed by atoms with van der Waals surface area (Å²) in [6.07, 6.45) is 0.484. The average Bonchev–Trinajstić information content (AvgIpc) is 3.11. The molecule has 2 unspecified atom stereocenters. The number of carbonyl (C=O) groups excluding carboxylic acids is 2. The van der Waals surface area contributed by atoms with Crippen LogP contribution in [0.15, 0.2) is 48.5 Å². The number of alkyl carbamates (subject to hydrolysis) is 1. The second-order valence-electron chi connectivity index (χ2n) is 8.92. The number of carbonyl (C=O) groups is 3. The maximum Gasteiger partial charge on any atom is 0.407 e. The van der Waals surface area contributed by atoms with Crippen LogP contribution in [0.2, 0.25) is 0 Å². The zero-order valence-corrected chi connectivity index (χ0v) is 18.3. The lowest BCUT2D eigenvalue weighted by Crippen LogP contribution is -2.54. The van der Waals surface area contributed by atoms with Gasteiger partial charge in [-0.3, -0.25) is 9.59 Å². The van der Waals surface area contributed by atoms with Crippen molar-refractivity contribution in [2.24, 2.45) is 5.41 Å². The van der Waals surface area contributed by atoms with Gasteiger partial charge < -0.3 is 20.1 Å². The van der Waals surface area contributed by atoms with Crippen LogP contribution in [0.25, 0.3) is 11.1 Å². The molecule has 0 spiro atoms. The van der Waals surface area contributed by atoms with Crippen LogP contribution >= 0.6 is 0 Å². The minimum atomic E-state index is -0.961. The number of carboxylic acids is 1. The lowest BCUT2D eigenvalue weighted by Gasteiger charge is -2.38. The van der Waals surface area contributed by atoms with E-state index in [0.29, 0.717) is 19.4 Å². The van der Waals surface area contributed by atoms with Crippen molar-refractivity contribution in [3.63, 3.8) is 0 Å². The van der Waals surface area contributed by atoms with Gasteiger partial charge in [-0.1, -0.05) is 48.5 Å². The Kier molecular flexibility index (Phi) is 5.91. The number of rotatable bonds is 5. The van der Waals surface area contributed by atoms with Crippen LogP contribution in [-0.4, -0.2) is 53.7 Å². The summed E-state index contributed by atoms with van der Waals surface area (Å²) >= 11 is 0. The Morgan fingerprint density at radius 2 is 1.72 bits per heavy atom. The summed E-state index contributed by atoms with van der Waals surface area (Å²) in [6, 6.07) is 15.4. The van der Waals surface area contributed by atoms with E-state index in [1.807, 2.05) is 36.4 Å². The highest BCUT2D eigenvalue weighted by Gasteiger charge is 2.40. The largest absolute Gasteiger partial charge is 0.481 e. The van der Waals surface area contributed by atoms with Gasteiger partial charge in [0.2, 0.25) is 5.91 Å². The van der Waals surface area contributed by atoms with E-state index in [1.165, 1.54) is 4.90 Å². The van der Waals surface area contributed by atoms with Crippen LogP contribution in [0.3, 0.4) is 0 Å². The first-order chi connectivity index (χ1) is 15.3. The van der Waals surface area contributed by atoms with Crippen LogP contribution < -0.4 is 5.32 Å². The first-order valence-electron chi connectivity index (χ1n) is 10.9. The topological polar surface area (TPSA) is 95.9 Å². The molecule has 2 amide bonds. The molecule has 7 nitrogen and oxygen atoms in total. The van der Waals surface area contributed by atoms with E-state index in [4.69, 9.17) is 4.74 Å². The zero-order valence-electron chi connectivity index (χ0n) is 18.3. The third kappa shape index (κ3) is 4.07. The monoisotopic (exact) mass is 436 g/mol. The summed E-state index contributed by atoms with van der Waals surface area (Å²) in [7, 11) is 0. The Morgan fingerprint density at radius 1 is 1.12 bits per heavy atom. The number of carboxylic acid groups (broad SMARTS) is 1. The van der Waals surface area contributed by atoms with Gasteiger partial charge in [0.1, 0.15) is 12.6 Å². The third-order valence-electron chi connectivity index (χ3n) is 6.57. The number of amides is 2. The van der Waals surface area contributed by atoms with E-state index < -0.39 is 23.5 Å². The van der Waals surface area contributed by atoms with E-state index in [9.17, 15) is 19.5 Å².